The highest BCUT2D eigenvalue weighted by molar-refractivity contribution is 6.11. The molecule has 0 bridgehead atoms. The molecule has 378 valence electrons. The van der Waals surface area contributed by atoms with Crippen molar-refractivity contribution in [3.63, 3.8) is 0 Å². The van der Waals surface area contributed by atoms with Crippen LogP contribution in [0.5, 0.6) is 17.4 Å². The zero-order valence-electron chi connectivity index (χ0n) is 39.9. The van der Waals surface area contributed by atoms with Gasteiger partial charge >= 0.3 is 0 Å². The lowest BCUT2D eigenvalue weighted by atomic mass is 10.0. The molecule has 4 aliphatic rings. The Bertz CT molecular complexity index is 3110. The molecule has 6 aromatic rings. The molecule has 5 N–H and O–H groups in total. The summed E-state index contributed by atoms with van der Waals surface area (Å²) in [5.74, 6) is -1.80. The van der Waals surface area contributed by atoms with Gasteiger partial charge in [0.1, 0.15) is 53.3 Å². The molecule has 0 radical (unpaired) electrons. The Morgan fingerprint density at radius 1 is 0.722 bits per heavy atom. The lowest BCUT2D eigenvalue weighted by Gasteiger charge is -2.26. The lowest BCUT2D eigenvalue weighted by molar-refractivity contribution is -0.0163. The first-order valence-electron chi connectivity index (χ1n) is 23.8. The third-order valence-corrected chi connectivity index (χ3v) is 13.6. The first-order valence-corrected chi connectivity index (χ1v) is 23.8. The van der Waals surface area contributed by atoms with Crippen molar-refractivity contribution in [1.82, 2.24) is 39.0 Å². The average Bonchev–Trinajstić information content (AvgIpc) is 4.20. The number of rotatable bonds is 16. The maximum Gasteiger partial charge on any atom is 0.265 e. The second-order valence-corrected chi connectivity index (χ2v) is 20.0. The van der Waals surface area contributed by atoms with Crippen molar-refractivity contribution in [2.24, 2.45) is 0 Å². The first kappa shape index (κ1) is 48.3. The van der Waals surface area contributed by atoms with Crippen molar-refractivity contribution in [2.75, 3.05) is 23.7 Å². The topological polar surface area (TPSA) is 248 Å². The van der Waals surface area contributed by atoms with E-state index in [4.69, 9.17) is 14.2 Å². The van der Waals surface area contributed by atoms with Crippen LogP contribution in [0.15, 0.2) is 67.4 Å². The van der Waals surface area contributed by atoms with E-state index in [-0.39, 0.29) is 89.3 Å². The van der Waals surface area contributed by atoms with Gasteiger partial charge in [-0.15, -0.1) is 5.10 Å². The monoisotopic (exact) mass is 992 g/mol. The Balaban J connectivity index is 0.897. The van der Waals surface area contributed by atoms with Gasteiger partial charge in [0.15, 0.2) is 11.3 Å². The number of carbonyl (C=O) groups excluding carboxylic acids is 4. The number of nitrogens with zero attached hydrogens (tertiary/aromatic N) is 8. The SMILES string of the molecule is CC(C)(O)[C@H](F)CN1Cc2cc(NC(=O)c3cnn4cccnc34)c(O[C@H]3CC[C@@H](Oc4nn5cccnc5c4C(=O)Nc4cc5c(cc4O[C@@H]4CC[C@H](O)C4)C(=O)N(C[C@@H](F)C(C)(C)O)C5)C3)cc2C1=O. The van der Waals surface area contributed by atoms with Crippen molar-refractivity contribution in [1.29, 1.82) is 0 Å². The number of amides is 4. The molecule has 2 saturated carbocycles. The van der Waals surface area contributed by atoms with E-state index in [2.05, 4.69) is 30.8 Å². The van der Waals surface area contributed by atoms with Gasteiger partial charge in [0, 0.05) is 61.8 Å². The lowest BCUT2D eigenvalue weighted by Crippen LogP contribution is -2.42. The fraction of sp³-hybridized carbons (Fsp3) is 0.440. The fourth-order valence-electron chi connectivity index (χ4n) is 9.49. The molecule has 20 nitrogen and oxygen atoms in total. The van der Waals surface area contributed by atoms with E-state index in [9.17, 15) is 34.5 Å². The molecule has 72 heavy (non-hydrogen) atoms. The van der Waals surface area contributed by atoms with E-state index in [1.165, 1.54) is 77.2 Å². The number of hydrogen-bond acceptors (Lipinski definition) is 14. The summed E-state index contributed by atoms with van der Waals surface area (Å²) in [6.45, 7) is 4.66. The van der Waals surface area contributed by atoms with Gasteiger partial charge in [-0.2, -0.15) is 5.10 Å². The first-order chi connectivity index (χ1) is 34.3. The number of carbonyl (C=O) groups is 4. The highest BCUT2D eigenvalue weighted by Gasteiger charge is 2.39. The maximum absolute atomic E-state index is 15.1. The summed E-state index contributed by atoms with van der Waals surface area (Å²) < 4.78 is 52.4. The number of hydrogen-bond donors (Lipinski definition) is 5. The van der Waals surface area contributed by atoms with E-state index in [1.54, 1.807) is 36.7 Å². The Morgan fingerprint density at radius 3 is 1.79 bits per heavy atom. The number of alkyl halides is 2. The summed E-state index contributed by atoms with van der Waals surface area (Å²) in [4.78, 5) is 67.0. The maximum atomic E-state index is 15.1. The minimum absolute atomic E-state index is 0.000160. The van der Waals surface area contributed by atoms with Gasteiger partial charge in [-0.25, -0.2) is 27.8 Å². The zero-order valence-corrected chi connectivity index (χ0v) is 39.9. The Hall–Kier alpha value is -7.30. The van der Waals surface area contributed by atoms with Crippen LogP contribution in [-0.4, -0.2) is 139 Å². The molecule has 0 saturated heterocycles. The third kappa shape index (κ3) is 9.60. The van der Waals surface area contributed by atoms with Crippen LogP contribution in [0.25, 0.3) is 11.3 Å². The van der Waals surface area contributed by atoms with Crippen LogP contribution in [0, 0.1) is 0 Å². The van der Waals surface area contributed by atoms with Crippen molar-refractivity contribution in [3.05, 3.63) is 101 Å². The van der Waals surface area contributed by atoms with Crippen molar-refractivity contribution < 1.29 is 57.5 Å². The van der Waals surface area contributed by atoms with Crippen molar-refractivity contribution in [3.8, 4) is 17.4 Å². The second kappa shape index (κ2) is 18.7. The predicted molar refractivity (Wildman–Crippen MR) is 254 cm³/mol. The van der Waals surface area contributed by atoms with Crippen LogP contribution in [0.4, 0.5) is 20.2 Å². The Labute approximate surface area is 410 Å². The molecule has 2 fully saturated rings. The Morgan fingerprint density at radius 2 is 1.24 bits per heavy atom. The summed E-state index contributed by atoms with van der Waals surface area (Å²) in [5.41, 5.74) is -0.701. The molecule has 4 amide bonds. The predicted octanol–water partition coefficient (Wildman–Crippen LogP) is 5.08. The van der Waals surface area contributed by atoms with Crippen LogP contribution in [-0.2, 0) is 13.1 Å². The molecule has 6 heterocycles. The van der Waals surface area contributed by atoms with Gasteiger partial charge in [-0.1, -0.05) is 0 Å². The number of ether oxygens (including phenoxy) is 3. The number of benzene rings is 2. The van der Waals surface area contributed by atoms with Crippen LogP contribution in [0.1, 0.15) is 119 Å². The van der Waals surface area contributed by atoms with E-state index < -0.39 is 71.6 Å². The quantitative estimate of drug-likeness (QED) is 0.0850. The molecule has 4 aromatic heterocycles. The zero-order chi connectivity index (χ0) is 50.8. The molecule has 2 aromatic carbocycles. The normalized spacial score (nSPS) is 20.8. The standard InChI is InChI=1S/C50H54F2N10O10/c1-49(2,68)39(51)24-59-22-26-15-35(56-44(64)34-21-55-61-13-5-11-53-42(34)61)37(19-32(26)47(59)66)71-30-9-10-31(18-30)72-46-41(43-54-12-6-14-62(43)58-46)45(65)57-36-16-27-23-60(25-40(52)50(3,4)69)48(67)33(27)20-38(36)70-29-8-7-28(63)17-29/h5-6,11-16,19-21,28-31,39-40,63,68-69H,7-10,17-18,22-25H2,1-4H3,(H,56,64)(H,57,65)/t28-,29+,30-,31+,39+,40+/m0/s1. The highest BCUT2D eigenvalue weighted by Crippen LogP contribution is 2.40. The Kier molecular flexibility index (Phi) is 12.6. The number of aliphatic hydroxyl groups is 3. The molecule has 10 rings (SSSR count). The molecule has 0 spiro atoms. The van der Waals surface area contributed by atoms with E-state index in [1.807, 2.05) is 0 Å². The molecule has 6 atom stereocenters. The van der Waals surface area contributed by atoms with Crippen LogP contribution in [0.2, 0.25) is 0 Å². The number of aliphatic hydroxyl groups excluding tert-OH is 1. The van der Waals surface area contributed by atoms with Crippen LogP contribution >= 0.6 is 0 Å². The summed E-state index contributed by atoms with van der Waals surface area (Å²) in [6, 6.07) is 9.57. The molecule has 2 aliphatic heterocycles. The summed E-state index contributed by atoms with van der Waals surface area (Å²) in [5, 5.41) is 45.5. The second-order valence-electron chi connectivity index (χ2n) is 20.0. The number of fused-ring (bicyclic) bond motifs is 4. The largest absolute Gasteiger partial charge is 0.488 e. The fourth-order valence-corrected chi connectivity index (χ4v) is 9.49. The van der Waals surface area contributed by atoms with E-state index in [0.29, 0.717) is 48.9 Å². The molecule has 0 unspecified atom stereocenters. The van der Waals surface area contributed by atoms with Crippen molar-refractivity contribution in [2.45, 2.75) is 127 Å². The third-order valence-electron chi connectivity index (χ3n) is 13.6. The molecule has 2 aliphatic carbocycles. The summed E-state index contributed by atoms with van der Waals surface area (Å²) >= 11 is 0. The minimum atomic E-state index is -1.73. The van der Waals surface area contributed by atoms with Gasteiger partial charge in [-0.05, 0) is 101 Å². The number of halogens is 2. The molecule has 22 heteroatoms. The average molecular weight is 993 g/mol. The smallest absolute Gasteiger partial charge is 0.265 e. The number of nitrogens with one attached hydrogen (secondary N) is 2. The highest BCUT2D eigenvalue weighted by atomic mass is 19.1. The van der Waals surface area contributed by atoms with Crippen molar-refractivity contribution >= 4 is 46.3 Å². The molecular formula is C50H54F2N10O10. The minimum Gasteiger partial charge on any atom is -0.488 e. The summed E-state index contributed by atoms with van der Waals surface area (Å²) in [7, 11) is 0. The van der Waals surface area contributed by atoms with Gasteiger partial charge in [-0.3, -0.25) is 19.2 Å². The molecular weight excluding hydrogens is 939 g/mol. The van der Waals surface area contributed by atoms with E-state index in [0.717, 1.165) is 0 Å². The van der Waals surface area contributed by atoms with Crippen LogP contribution in [0.3, 0.4) is 0 Å². The number of anilines is 2. The van der Waals surface area contributed by atoms with Gasteiger partial charge < -0.3 is 50.0 Å². The van der Waals surface area contributed by atoms with Gasteiger partial charge in [0.25, 0.3) is 23.6 Å². The van der Waals surface area contributed by atoms with E-state index >= 15 is 8.78 Å². The van der Waals surface area contributed by atoms with Gasteiger partial charge in [0.2, 0.25) is 5.88 Å². The van der Waals surface area contributed by atoms with Gasteiger partial charge in [0.05, 0.1) is 48.0 Å². The number of aromatic nitrogens is 6. The van der Waals surface area contributed by atoms with Crippen LogP contribution < -0.4 is 24.8 Å². The summed E-state index contributed by atoms with van der Waals surface area (Å²) in [6.07, 6.45) is 4.76.